The standard InChI is InChI=1S/C25H31N3OS/c1-3-4-5-12-17-22(29)26-18-19-30-25-27-23(20-13-8-6-9-14-20)24(28(25)2)21-15-10-7-11-16-21/h6-11,13-16H,3-5,12,17-19H2,1-2H3,(H,26,29). The van der Waals surface area contributed by atoms with E-state index in [1.807, 2.05) is 24.3 Å². The molecule has 0 saturated heterocycles. The molecule has 2 aromatic carbocycles. The topological polar surface area (TPSA) is 46.9 Å². The molecule has 0 aliphatic carbocycles. The number of amides is 1. The molecule has 1 amide bonds. The van der Waals surface area contributed by atoms with E-state index in [1.54, 1.807) is 11.8 Å². The third-order valence-corrected chi connectivity index (χ3v) is 6.09. The summed E-state index contributed by atoms with van der Waals surface area (Å²) in [6.07, 6.45) is 5.14. The van der Waals surface area contributed by atoms with Crippen molar-refractivity contribution in [2.45, 2.75) is 44.2 Å². The maximum atomic E-state index is 12.0. The molecule has 5 heteroatoms. The lowest BCUT2D eigenvalue weighted by Crippen LogP contribution is -2.25. The van der Waals surface area contributed by atoms with Crippen LogP contribution in [0.1, 0.15) is 39.0 Å². The Morgan fingerprint density at radius 3 is 2.30 bits per heavy atom. The van der Waals surface area contributed by atoms with Gasteiger partial charge in [-0.3, -0.25) is 4.79 Å². The fraction of sp³-hybridized carbons (Fsp3) is 0.360. The Morgan fingerprint density at radius 1 is 0.967 bits per heavy atom. The minimum absolute atomic E-state index is 0.154. The maximum Gasteiger partial charge on any atom is 0.220 e. The van der Waals surface area contributed by atoms with Crippen molar-refractivity contribution in [3.05, 3.63) is 60.7 Å². The third kappa shape index (κ3) is 5.99. The number of carbonyl (C=O) groups is 1. The average molecular weight is 422 g/mol. The van der Waals surface area contributed by atoms with Gasteiger partial charge >= 0.3 is 0 Å². The largest absolute Gasteiger partial charge is 0.355 e. The Kier molecular flexibility index (Phi) is 8.57. The van der Waals surface area contributed by atoms with Gasteiger partial charge in [-0.05, 0) is 6.42 Å². The number of thioether (sulfide) groups is 1. The van der Waals surface area contributed by atoms with Crippen molar-refractivity contribution >= 4 is 17.7 Å². The van der Waals surface area contributed by atoms with Crippen molar-refractivity contribution in [3.8, 4) is 22.5 Å². The van der Waals surface area contributed by atoms with Crippen LogP contribution in [0.5, 0.6) is 0 Å². The zero-order valence-corrected chi connectivity index (χ0v) is 18.8. The molecule has 3 rings (SSSR count). The van der Waals surface area contributed by atoms with Gasteiger partial charge in [0, 0.05) is 36.9 Å². The summed E-state index contributed by atoms with van der Waals surface area (Å²) < 4.78 is 2.16. The molecule has 4 nitrogen and oxygen atoms in total. The minimum Gasteiger partial charge on any atom is -0.355 e. The van der Waals surface area contributed by atoms with Crippen LogP contribution in [0.25, 0.3) is 22.5 Å². The van der Waals surface area contributed by atoms with E-state index in [0.717, 1.165) is 46.3 Å². The number of nitrogens with one attached hydrogen (secondary N) is 1. The molecule has 3 aromatic rings. The van der Waals surface area contributed by atoms with E-state index in [4.69, 9.17) is 4.98 Å². The van der Waals surface area contributed by atoms with Crippen LogP contribution in [0.2, 0.25) is 0 Å². The normalized spacial score (nSPS) is 10.9. The number of hydrogen-bond donors (Lipinski definition) is 1. The van der Waals surface area contributed by atoms with Crippen molar-refractivity contribution in [1.82, 2.24) is 14.9 Å². The molecule has 0 radical (unpaired) electrons. The smallest absolute Gasteiger partial charge is 0.220 e. The second-order valence-electron chi connectivity index (χ2n) is 7.39. The molecule has 1 aromatic heterocycles. The van der Waals surface area contributed by atoms with Crippen LogP contribution in [-0.4, -0.2) is 27.8 Å². The SMILES string of the molecule is CCCCCCC(=O)NCCSc1nc(-c2ccccc2)c(-c2ccccc2)n1C. The number of imidazole rings is 1. The highest BCUT2D eigenvalue weighted by Gasteiger charge is 2.18. The first-order chi connectivity index (χ1) is 14.7. The van der Waals surface area contributed by atoms with Gasteiger partial charge in [-0.1, -0.05) is 98.6 Å². The van der Waals surface area contributed by atoms with Gasteiger partial charge in [0.2, 0.25) is 5.91 Å². The van der Waals surface area contributed by atoms with Crippen LogP contribution < -0.4 is 5.32 Å². The highest BCUT2D eigenvalue weighted by atomic mass is 32.2. The number of rotatable bonds is 11. The van der Waals surface area contributed by atoms with Crippen molar-refractivity contribution in [3.63, 3.8) is 0 Å². The van der Waals surface area contributed by atoms with Crippen molar-refractivity contribution in [2.24, 2.45) is 7.05 Å². The predicted octanol–water partition coefficient (Wildman–Crippen LogP) is 5.93. The summed E-state index contributed by atoms with van der Waals surface area (Å²) in [4.78, 5) is 16.9. The molecule has 1 heterocycles. The van der Waals surface area contributed by atoms with Crippen LogP contribution in [0.4, 0.5) is 0 Å². The number of aromatic nitrogens is 2. The van der Waals surface area contributed by atoms with E-state index < -0.39 is 0 Å². The summed E-state index contributed by atoms with van der Waals surface area (Å²) in [7, 11) is 2.07. The second kappa shape index (κ2) is 11.6. The molecule has 30 heavy (non-hydrogen) atoms. The molecule has 0 saturated carbocycles. The van der Waals surface area contributed by atoms with Gasteiger partial charge in [-0.25, -0.2) is 4.98 Å². The van der Waals surface area contributed by atoms with E-state index in [-0.39, 0.29) is 5.91 Å². The average Bonchev–Trinajstić information content (AvgIpc) is 3.11. The highest BCUT2D eigenvalue weighted by Crippen LogP contribution is 2.34. The van der Waals surface area contributed by atoms with E-state index in [0.29, 0.717) is 13.0 Å². The Labute approximate surface area is 184 Å². The molecule has 0 bridgehead atoms. The molecular formula is C25H31N3OS. The molecule has 0 atom stereocenters. The van der Waals surface area contributed by atoms with Gasteiger partial charge in [0.15, 0.2) is 5.16 Å². The lowest BCUT2D eigenvalue weighted by atomic mass is 10.1. The van der Waals surface area contributed by atoms with E-state index in [1.165, 1.54) is 12.8 Å². The first-order valence-corrected chi connectivity index (χ1v) is 11.8. The van der Waals surface area contributed by atoms with Crippen LogP contribution in [0, 0.1) is 0 Å². The highest BCUT2D eigenvalue weighted by molar-refractivity contribution is 7.99. The molecule has 1 N–H and O–H groups in total. The quantitative estimate of drug-likeness (QED) is 0.308. The number of hydrogen-bond acceptors (Lipinski definition) is 3. The number of unbranched alkanes of at least 4 members (excludes halogenated alkanes) is 3. The third-order valence-electron chi connectivity index (χ3n) is 5.06. The lowest BCUT2D eigenvalue weighted by Gasteiger charge is -2.08. The van der Waals surface area contributed by atoms with E-state index >= 15 is 0 Å². The van der Waals surface area contributed by atoms with Crippen molar-refractivity contribution in [1.29, 1.82) is 0 Å². The minimum atomic E-state index is 0.154. The van der Waals surface area contributed by atoms with Crippen LogP contribution in [-0.2, 0) is 11.8 Å². The van der Waals surface area contributed by atoms with Crippen LogP contribution in [0.3, 0.4) is 0 Å². The molecule has 0 unspecified atom stereocenters. The van der Waals surface area contributed by atoms with Crippen molar-refractivity contribution < 1.29 is 4.79 Å². The van der Waals surface area contributed by atoms with E-state index in [2.05, 4.69) is 60.3 Å². The first kappa shape index (κ1) is 22.2. The fourth-order valence-corrected chi connectivity index (χ4v) is 4.29. The zero-order valence-electron chi connectivity index (χ0n) is 17.9. The first-order valence-electron chi connectivity index (χ1n) is 10.8. The molecule has 0 aliphatic rings. The van der Waals surface area contributed by atoms with E-state index in [9.17, 15) is 4.79 Å². The summed E-state index contributed by atoms with van der Waals surface area (Å²) in [5.74, 6) is 0.954. The number of nitrogens with zero attached hydrogens (tertiary/aromatic N) is 2. The number of carbonyl (C=O) groups excluding carboxylic acids is 1. The van der Waals surface area contributed by atoms with Gasteiger partial charge in [0.05, 0.1) is 11.4 Å². The molecule has 158 valence electrons. The summed E-state index contributed by atoms with van der Waals surface area (Å²) in [5, 5.41) is 4.00. The molecule has 0 aliphatic heterocycles. The monoisotopic (exact) mass is 421 g/mol. The Hall–Kier alpha value is -2.53. The molecular weight excluding hydrogens is 390 g/mol. The Balaban J connectivity index is 1.66. The van der Waals surface area contributed by atoms with Gasteiger partial charge in [-0.2, -0.15) is 0 Å². The summed E-state index contributed by atoms with van der Waals surface area (Å²) in [5.41, 5.74) is 4.37. The van der Waals surface area contributed by atoms with Gasteiger partial charge in [0.25, 0.3) is 0 Å². The van der Waals surface area contributed by atoms with Gasteiger partial charge in [0.1, 0.15) is 0 Å². The Bertz CT molecular complexity index is 922. The lowest BCUT2D eigenvalue weighted by molar-refractivity contribution is -0.121. The van der Waals surface area contributed by atoms with Crippen molar-refractivity contribution in [2.75, 3.05) is 12.3 Å². The van der Waals surface area contributed by atoms with Gasteiger partial charge in [-0.15, -0.1) is 0 Å². The summed E-state index contributed by atoms with van der Waals surface area (Å²) in [6.45, 7) is 2.84. The molecule has 0 spiro atoms. The maximum absolute atomic E-state index is 12.0. The Morgan fingerprint density at radius 2 is 1.63 bits per heavy atom. The summed E-state index contributed by atoms with van der Waals surface area (Å²) in [6, 6.07) is 20.7. The van der Waals surface area contributed by atoms with Crippen LogP contribution in [0.15, 0.2) is 65.8 Å². The second-order valence-corrected chi connectivity index (χ2v) is 8.45. The fourth-order valence-electron chi connectivity index (χ4n) is 3.46. The van der Waals surface area contributed by atoms with Crippen LogP contribution >= 0.6 is 11.8 Å². The summed E-state index contributed by atoms with van der Waals surface area (Å²) >= 11 is 1.68. The molecule has 0 fully saturated rings. The predicted molar refractivity (Wildman–Crippen MR) is 127 cm³/mol. The van der Waals surface area contributed by atoms with Gasteiger partial charge < -0.3 is 9.88 Å². The zero-order chi connectivity index (χ0) is 21.2. The number of benzene rings is 2.